The molecule has 4 aromatic rings. The van der Waals surface area contributed by atoms with E-state index in [4.69, 9.17) is 0 Å². The predicted octanol–water partition coefficient (Wildman–Crippen LogP) is 3.26. The van der Waals surface area contributed by atoms with Gasteiger partial charge >= 0.3 is 0 Å². The molecule has 0 atom stereocenters. The van der Waals surface area contributed by atoms with E-state index >= 15 is 0 Å². The Hall–Kier alpha value is -3.37. The van der Waals surface area contributed by atoms with Crippen LogP contribution in [0.3, 0.4) is 0 Å². The van der Waals surface area contributed by atoms with Crippen LogP contribution in [0.2, 0.25) is 0 Å². The first kappa shape index (κ1) is 17.1. The predicted molar refractivity (Wildman–Crippen MR) is 104 cm³/mol. The number of nitriles is 1. The molecule has 2 heterocycles. The summed E-state index contributed by atoms with van der Waals surface area (Å²) in [6, 6.07) is 21.5. The SMILES string of the molecule is Cn1c(=O)c(C#N)c(-c2ccccc2)n2c(SCc3ccccc3)nnc12. The molecule has 2 aromatic carbocycles. The minimum atomic E-state index is -0.379. The Labute approximate surface area is 159 Å². The van der Waals surface area contributed by atoms with Crippen molar-refractivity contribution in [2.24, 2.45) is 7.05 Å². The fourth-order valence-corrected chi connectivity index (χ4v) is 3.82. The molecule has 0 spiro atoms. The topological polar surface area (TPSA) is 76.0 Å². The number of fused-ring (bicyclic) bond motifs is 1. The lowest BCUT2D eigenvalue weighted by Crippen LogP contribution is -2.24. The number of nitrogens with zero attached hydrogens (tertiary/aromatic N) is 5. The Morgan fingerprint density at radius 3 is 2.37 bits per heavy atom. The summed E-state index contributed by atoms with van der Waals surface area (Å²) in [6.07, 6.45) is 0. The van der Waals surface area contributed by atoms with Gasteiger partial charge in [-0.1, -0.05) is 72.4 Å². The number of aromatic nitrogens is 4. The lowest BCUT2D eigenvalue weighted by molar-refractivity contribution is 0.827. The second-order valence-electron chi connectivity index (χ2n) is 5.96. The van der Waals surface area contributed by atoms with Gasteiger partial charge in [0.25, 0.3) is 5.56 Å². The zero-order valence-corrected chi connectivity index (χ0v) is 15.3. The Morgan fingerprint density at radius 2 is 1.70 bits per heavy atom. The van der Waals surface area contributed by atoms with Crippen LogP contribution in [0.25, 0.3) is 17.0 Å². The standard InChI is InChI=1S/C20H15N5OS/c1-24-18(26)16(12-21)17(15-10-6-3-7-11-15)25-19(24)22-23-20(25)27-13-14-8-4-2-5-9-14/h2-11H,13H2,1H3. The maximum atomic E-state index is 12.6. The van der Waals surface area contributed by atoms with Gasteiger partial charge in [-0.3, -0.25) is 13.8 Å². The Balaban J connectivity index is 1.93. The van der Waals surface area contributed by atoms with Crippen LogP contribution in [0.5, 0.6) is 0 Å². The van der Waals surface area contributed by atoms with Crippen molar-refractivity contribution in [1.82, 2.24) is 19.2 Å². The number of aryl methyl sites for hydroxylation is 1. The summed E-state index contributed by atoms with van der Waals surface area (Å²) in [6.45, 7) is 0. The van der Waals surface area contributed by atoms with Gasteiger partial charge in [-0.15, -0.1) is 10.2 Å². The van der Waals surface area contributed by atoms with Crippen molar-refractivity contribution in [3.05, 3.63) is 82.1 Å². The van der Waals surface area contributed by atoms with Crippen molar-refractivity contribution in [3.63, 3.8) is 0 Å². The fourth-order valence-electron chi connectivity index (χ4n) is 2.93. The number of hydrogen-bond donors (Lipinski definition) is 0. The zero-order valence-electron chi connectivity index (χ0n) is 14.5. The fraction of sp³-hybridized carbons (Fsp3) is 0.100. The first-order valence-corrected chi connectivity index (χ1v) is 9.29. The molecule has 0 saturated heterocycles. The van der Waals surface area contributed by atoms with E-state index < -0.39 is 0 Å². The van der Waals surface area contributed by atoms with Crippen LogP contribution in [0.1, 0.15) is 11.1 Å². The molecule has 132 valence electrons. The molecular weight excluding hydrogens is 358 g/mol. The van der Waals surface area contributed by atoms with E-state index in [-0.39, 0.29) is 11.1 Å². The highest BCUT2D eigenvalue weighted by atomic mass is 32.2. The monoisotopic (exact) mass is 373 g/mol. The zero-order chi connectivity index (χ0) is 18.8. The van der Waals surface area contributed by atoms with Crippen molar-refractivity contribution in [1.29, 1.82) is 5.26 Å². The van der Waals surface area contributed by atoms with Crippen LogP contribution in [0.4, 0.5) is 0 Å². The Bertz CT molecular complexity index is 1210. The Kier molecular flexibility index (Phi) is 4.48. The lowest BCUT2D eigenvalue weighted by atomic mass is 10.1. The molecule has 0 bridgehead atoms. The quantitative estimate of drug-likeness (QED) is 0.513. The molecule has 7 heteroatoms. The van der Waals surface area contributed by atoms with Crippen LogP contribution in [0, 0.1) is 11.3 Å². The van der Waals surface area contributed by atoms with Crippen LogP contribution < -0.4 is 5.56 Å². The number of hydrogen-bond acceptors (Lipinski definition) is 5. The van der Waals surface area contributed by atoms with Crippen molar-refractivity contribution < 1.29 is 0 Å². The summed E-state index contributed by atoms with van der Waals surface area (Å²) in [5.41, 5.74) is 2.16. The molecule has 0 amide bonds. The van der Waals surface area contributed by atoms with E-state index in [9.17, 15) is 10.1 Å². The third kappa shape index (κ3) is 3.00. The van der Waals surface area contributed by atoms with Crippen molar-refractivity contribution in [2.75, 3.05) is 0 Å². The smallest absolute Gasteiger partial charge is 0.273 e. The van der Waals surface area contributed by atoms with Gasteiger partial charge in [0.15, 0.2) is 5.16 Å². The van der Waals surface area contributed by atoms with E-state index in [2.05, 4.69) is 16.3 Å². The second-order valence-corrected chi connectivity index (χ2v) is 6.90. The third-order valence-electron chi connectivity index (χ3n) is 4.26. The molecule has 0 fully saturated rings. The molecule has 6 nitrogen and oxygen atoms in total. The maximum absolute atomic E-state index is 12.6. The van der Waals surface area contributed by atoms with Crippen LogP contribution in [-0.2, 0) is 12.8 Å². The molecular formula is C20H15N5OS. The third-order valence-corrected chi connectivity index (χ3v) is 5.27. The normalized spacial score (nSPS) is 10.8. The Morgan fingerprint density at radius 1 is 1.04 bits per heavy atom. The van der Waals surface area contributed by atoms with Crippen molar-refractivity contribution in [2.45, 2.75) is 10.9 Å². The first-order valence-electron chi connectivity index (χ1n) is 8.31. The molecule has 2 aromatic heterocycles. The summed E-state index contributed by atoms with van der Waals surface area (Å²) in [5, 5.41) is 18.8. The summed E-state index contributed by atoms with van der Waals surface area (Å²) in [7, 11) is 1.60. The number of thioether (sulfide) groups is 1. The lowest BCUT2D eigenvalue weighted by Gasteiger charge is -2.11. The molecule has 0 aliphatic rings. The molecule has 0 saturated carbocycles. The highest BCUT2D eigenvalue weighted by molar-refractivity contribution is 7.98. The van der Waals surface area contributed by atoms with E-state index in [1.165, 1.54) is 16.3 Å². The minimum absolute atomic E-state index is 0.0811. The summed E-state index contributed by atoms with van der Waals surface area (Å²) in [4.78, 5) is 12.6. The van der Waals surface area contributed by atoms with Crippen LogP contribution >= 0.6 is 11.8 Å². The maximum Gasteiger partial charge on any atom is 0.273 e. The number of benzene rings is 2. The average molecular weight is 373 g/mol. The highest BCUT2D eigenvalue weighted by Crippen LogP contribution is 2.28. The first-order chi connectivity index (χ1) is 13.2. The van der Waals surface area contributed by atoms with Crippen molar-refractivity contribution in [3.8, 4) is 17.3 Å². The molecule has 0 aliphatic carbocycles. The summed E-state index contributed by atoms with van der Waals surface area (Å²) in [5.74, 6) is 1.12. The second kappa shape index (κ2) is 7.09. The molecule has 0 aliphatic heterocycles. The molecule has 0 unspecified atom stereocenters. The van der Waals surface area contributed by atoms with E-state index in [0.717, 1.165) is 11.1 Å². The summed E-state index contributed by atoms with van der Waals surface area (Å²) < 4.78 is 3.16. The molecule has 0 N–H and O–H groups in total. The van der Waals surface area contributed by atoms with Gasteiger partial charge in [-0.05, 0) is 5.56 Å². The van der Waals surface area contributed by atoms with E-state index in [1.54, 1.807) is 11.4 Å². The largest absolute Gasteiger partial charge is 0.279 e. The number of rotatable bonds is 4. The van der Waals surface area contributed by atoms with E-state index in [1.807, 2.05) is 60.7 Å². The molecule has 0 radical (unpaired) electrons. The van der Waals surface area contributed by atoms with Crippen LogP contribution in [0.15, 0.2) is 70.6 Å². The average Bonchev–Trinajstić information content (AvgIpc) is 3.14. The minimum Gasteiger partial charge on any atom is -0.279 e. The van der Waals surface area contributed by atoms with Gasteiger partial charge in [-0.25, -0.2) is 0 Å². The van der Waals surface area contributed by atoms with Crippen LogP contribution in [-0.4, -0.2) is 19.2 Å². The van der Waals surface area contributed by atoms with Gasteiger partial charge in [0.05, 0.1) is 5.69 Å². The highest BCUT2D eigenvalue weighted by Gasteiger charge is 2.21. The summed E-state index contributed by atoms with van der Waals surface area (Å²) >= 11 is 1.52. The van der Waals surface area contributed by atoms with Gasteiger partial charge in [0, 0.05) is 18.4 Å². The molecule has 4 rings (SSSR count). The van der Waals surface area contributed by atoms with Gasteiger partial charge < -0.3 is 0 Å². The van der Waals surface area contributed by atoms with Gasteiger partial charge in [0.2, 0.25) is 5.78 Å². The molecule has 27 heavy (non-hydrogen) atoms. The van der Waals surface area contributed by atoms with Crippen molar-refractivity contribution >= 4 is 17.5 Å². The van der Waals surface area contributed by atoms with Gasteiger partial charge in [0.1, 0.15) is 11.6 Å². The van der Waals surface area contributed by atoms with E-state index in [0.29, 0.717) is 22.4 Å². The van der Waals surface area contributed by atoms with Gasteiger partial charge in [-0.2, -0.15) is 5.26 Å².